The summed E-state index contributed by atoms with van der Waals surface area (Å²) < 4.78 is 2.47. The smallest absolute Gasteiger partial charge is 0.245 e. The maximum atomic E-state index is 12.2. The molecule has 1 aliphatic rings. The topological polar surface area (TPSA) is 78.0 Å². The lowest BCUT2D eigenvalue weighted by atomic mass is 10.3. The molecule has 0 aromatic carbocycles. The molecule has 4 rings (SSSR count). The third-order valence-corrected chi connectivity index (χ3v) is 4.25. The van der Waals surface area contributed by atoms with Crippen LogP contribution in [0.25, 0.3) is 16.3 Å². The van der Waals surface area contributed by atoms with Gasteiger partial charge in [0.1, 0.15) is 23.6 Å². The molecule has 0 N–H and O–H groups in total. The molecule has 21 heavy (non-hydrogen) atoms. The monoisotopic (exact) mass is 298 g/mol. The van der Waals surface area contributed by atoms with Crippen LogP contribution in [0.2, 0.25) is 0 Å². The fourth-order valence-corrected chi connectivity index (χ4v) is 3.03. The van der Waals surface area contributed by atoms with Crippen LogP contribution in [-0.4, -0.2) is 29.4 Å². The minimum Gasteiger partial charge on any atom is -0.245 e. The Morgan fingerprint density at radius 1 is 1.48 bits per heavy atom. The van der Waals surface area contributed by atoms with E-state index < -0.39 is 0 Å². The summed E-state index contributed by atoms with van der Waals surface area (Å²) >= 11 is 1.51. The molecule has 0 radical (unpaired) electrons. The van der Waals surface area contributed by atoms with Crippen molar-refractivity contribution in [3.05, 3.63) is 27.9 Å². The van der Waals surface area contributed by atoms with E-state index in [1.807, 2.05) is 5.38 Å². The largest absolute Gasteiger partial charge is 0.353 e. The van der Waals surface area contributed by atoms with Gasteiger partial charge in [-0.1, -0.05) is 11.1 Å². The van der Waals surface area contributed by atoms with Crippen molar-refractivity contribution >= 4 is 17.0 Å². The molecule has 0 saturated heterocycles. The van der Waals surface area contributed by atoms with Gasteiger partial charge in [0.2, 0.25) is 0 Å². The molecule has 0 unspecified atom stereocenters. The van der Waals surface area contributed by atoms with Crippen LogP contribution in [0.1, 0.15) is 24.5 Å². The van der Waals surface area contributed by atoms with Crippen molar-refractivity contribution in [1.82, 2.24) is 29.4 Å². The highest BCUT2D eigenvalue weighted by molar-refractivity contribution is 7.13. The number of aromatic nitrogens is 6. The van der Waals surface area contributed by atoms with E-state index in [1.165, 1.54) is 34.9 Å². The zero-order valence-corrected chi connectivity index (χ0v) is 11.7. The van der Waals surface area contributed by atoms with Gasteiger partial charge in [-0.3, -0.25) is 0 Å². The van der Waals surface area contributed by atoms with Gasteiger partial charge in [-0.05, 0) is 12.8 Å². The normalized spacial score (nSPS) is 14.4. The Hall–Kier alpha value is -2.53. The fourth-order valence-electron chi connectivity index (χ4n) is 2.13. The SMILES string of the molecule is C#CCn1nnc2c(-c3nc(C4CC4)cs3)ncn2c1=O. The highest BCUT2D eigenvalue weighted by atomic mass is 32.1. The molecule has 3 aromatic heterocycles. The molecular weight excluding hydrogens is 288 g/mol. The van der Waals surface area contributed by atoms with Crippen LogP contribution < -0.4 is 5.69 Å². The number of terminal acetylenes is 1. The molecule has 0 spiro atoms. The maximum absolute atomic E-state index is 12.2. The molecule has 104 valence electrons. The van der Waals surface area contributed by atoms with Gasteiger partial charge in [0.25, 0.3) is 0 Å². The third kappa shape index (κ3) is 1.94. The van der Waals surface area contributed by atoms with Crippen LogP contribution in [0.5, 0.6) is 0 Å². The van der Waals surface area contributed by atoms with Gasteiger partial charge in [0, 0.05) is 11.3 Å². The lowest BCUT2D eigenvalue weighted by Crippen LogP contribution is -2.29. The van der Waals surface area contributed by atoms with Crippen molar-refractivity contribution in [3.63, 3.8) is 0 Å². The van der Waals surface area contributed by atoms with Gasteiger partial charge in [0.15, 0.2) is 5.65 Å². The minimum absolute atomic E-state index is 0.0817. The average Bonchev–Trinajstić information content (AvgIpc) is 3.06. The second-order valence-electron chi connectivity index (χ2n) is 4.87. The Kier molecular flexibility index (Phi) is 2.62. The molecular formula is C13H10N6OS. The van der Waals surface area contributed by atoms with Crippen LogP contribution in [0.4, 0.5) is 0 Å². The molecule has 0 amide bonds. The molecule has 1 fully saturated rings. The van der Waals surface area contributed by atoms with Crippen molar-refractivity contribution in [2.24, 2.45) is 0 Å². The molecule has 0 bridgehead atoms. The Bertz CT molecular complexity index is 926. The first-order chi connectivity index (χ1) is 10.3. The Morgan fingerprint density at radius 2 is 2.33 bits per heavy atom. The van der Waals surface area contributed by atoms with Crippen molar-refractivity contribution in [1.29, 1.82) is 0 Å². The van der Waals surface area contributed by atoms with Crippen molar-refractivity contribution in [2.45, 2.75) is 25.3 Å². The molecule has 3 heterocycles. The Labute approximate surface area is 123 Å². The number of fused-ring (bicyclic) bond motifs is 1. The maximum Gasteiger partial charge on any atom is 0.353 e. The van der Waals surface area contributed by atoms with Gasteiger partial charge < -0.3 is 0 Å². The van der Waals surface area contributed by atoms with Gasteiger partial charge in [-0.15, -0.1) is 22.9 Å². The molecule has 1 saturated carbocycles. The van der Waals surface area contributed by atoms with Gasteiger partial charge in [-0.25, -0.2) is 19.2 Å². The standard InChI is InChI=1S/C13H10N6OS/c1-2-5-19-13(20)18-7-14-10(11(18)16-17-19)12-15-9(6-21-12)8-3-4-8/h1,6-8H,3-5H2. The van der Waals surface area contributed by atoms with Crippen LogP contribution in [-0.2, 0) is 6.54 Å². The van der Waals surface area contributed by atoms with E-state index in [-0.39, 0.29) is 12.2 Å². The summed E-state index contributed by atoms with van der Waals surface area (Å²) in [7, 11) is 0. The van der Waals surface area contributed by atoms with Gasteiger partial charge >= 0.3 is 5.69 Å². The van der Waals surface area contributed by atoms with Crippen LogP contribution in [0.3, 0.4) is 0 Å². The van der Waals surface area contributed by atoms with E-state index in [1.54, 1.807) is 0 Å². The van der Waals surface area contributed by atoms with Crippen LogP contribution in [0.15, 0.2) is 16.5 Å². The van der Waals surface area contributed by atoms with Crippen LogP contribution >= 0.6 is 11.3 Å². The van der Waals surface area contributed by atoms with E-state index in [0.717, 1.165) is 15.4 Å². The van der Waals surface area contributed by atoms with Crippen LogP contribution in [0, 0.1) is 12.3 Å². The molecule has 0 aliphatic heterocycles. The summed E-state index contributed by atoms with van der Waals surface area (Å²) in [5.74, 6) is 2.95. The van der Waals surface area contributed by atoms with Gasteiger partial charge in [0.05, 0.1) is 5.69 Å². The average molecular weight is 298 g/mol. The fraction of sp³-hybridized carbons (Fsp3) is 0.308. The van der Waals surface area contributed by atoms with E-state index in [9.17, 15) is 4.79 Å². The van der Waals surface area contributed by atoms with E-state index >= 15 is 0 Å². The number of imidazole rings is 1. The van der Waals surface area contributed by atoms with Crippen molar-refractivity contribution < 1.29 is 0 Å². The lowest BCUT2D eigenvalue weighted by Gasteiger charge is -1.98. The summed E-state index contributed by atoms with van der Waals surface area (Å²) in [4.78, 5) is 21.0. The molecule has 0 atom stereocenters. The summed E-state index contributed by atoms with van der Waals surface area (Å²) in [5, 5.41) is 10.7. The first kappa shape index (κ1) is 12.2. The molecule has 7 nitrogen and oxygen atoms in total. The number of nitrogens with zero attached hydrogens (tertiary/aromatic N) is 6. The summed E-state index contributed by atoms with van der Waals surface area (Å²) in [6.45, 7) is 0.0817. The predicted octanol–water partition coefficient (Wildman–Crippen LogP) is 0.920. The summed E-state index contributed by atoms with van der Waals surface area (Å²) in [6, 6.07) is 0. The number of thiazole rings is 1. The van der Waals surface area contributed by atoms with Gasteiger partial charge in [-0.2, -0.15) is 4.68 Å². The highest BCUT2D eigenvalue weighted by Crippen LogP contribution is 2.41. The van der Waals surface area contributed by atoms with Crippen molar-refractivity contribution in [2.75, 3.05) is 0 Å². The zero-order chi connectivity index (χ0) is 14.4. The minimum atomic E-state index is -0.351. The Morgan fingerprint density at radius 3 is 3.10 bits per heavy atom. The van der Waals surface area contributed by atoms with E-state index in [4.69, 9.17) is 6.42 Å². The second-order valence-corrected chi connectivity index (χ2v) is 5.73. The quantitative estimate of drug-likeness (QED) is 0.672. The van der Waals surface area contributed by atoms with E-state index in [2.05, 4.69) is 26.2 Å². The predicted molar refractivity (Wildman–Crippen MR) is 77.0 cm³/mol. The molecule has 3 aromatic rings. The third-order valence-electron chi connectivity index (χ3n) is 3.38. The Balaban J connectivity index is 1.84. The van der Waals surface area contributed by atoms with Crippen molar-refractivity contribution in [3.8, 4) is 23.0 Å². The van der Waals surface area contributed by atoms with E-state index in [0.29, 0.717) is 17.3 Å². The first-order valence-corrected chi connectivity index (χ1v) is 7.36. The first-order valence-electron chi connectivity index (χ1n) is 6.48. The number of hydrogen-bond donors (Lipinski definition) is 0. The summed E-state index contributed by atoms with van der Waals surface area (Å²) in [6.07, 6.45) is 9.03. The molecule has 8 heteroatoms. The zero-order valence-electron chi connectivity index (χ0n) is 10.9. The summed E-state index contributed by atoms with van der Waals surface area (Å²) in [5.41, 5.74) is 1.75. The second kappa shape index (κ2) is 4.49. The highest BCUT2D eigenvalue weighted by Gasteiger charge is 2.27. The lowest BCUT2D eigenvalue weighted by molar-refractivity contribution is 0.577. The number of rotatable bonds is 3. The number of hydrogen-bond acceptors (Lipinski definition) is 6. The molecule has 1 aliphatic carbocycles.